The molecular formula is C14H24N4O. The van der Waals surface area contributed by atoms with Gasteiger partial charge in [-0.2, -0.15) is 0 Å². The molecule has 106 valence electrons. The second-order valence-electron chi connectivity index (χ2n) is 5.72. The van der Waals surface area contributed by atoms with Gasteiger partial charge in [0.25, 0.3) is 0 Å². The first-order valence-corrected chi connectivity index (χ1v) is 6.46. The molecule has 5 heteroatoms. The number of guanidine groups is 1. The molecule has 0 saturated carbocycles. The lowest BCUT2D eigenvalue weighted by atomic mass is 10.2. The highest BCUT2D eigenvalue weighted by Gasteiger charge is 2.12. The van der Waals surface area contributed by atoms with Gasteiger partial charge in [-0.1, -0.05) is 6.07 Å². The summed E-state index contributed by atoms with van der Waals surface area (Å²) in [5, 5.41) is 3.04. The van der Waals surface area contributed by atoms with E-state index < -0.39 is 0 Å². The third-order valence-electron chi connectivity index (χ3n) is 2.08. The first kappa shape index (κ1) is 15.3. The minimum atomic E-state index is -0.238. The highest BCUT2D eigenvalue weighted by atomic mass is 16.5. The largest absolute Gasteiger partial charge is 0.472 e. The van der Waals surface area contributed by atoms with E-state index in [0.717, 1.165) is 5.56 Å². The van der Waals surface area contributed by atoms with Gasteiger partial charge in [-0.05, 0) is 40.2 Å². The molecule has 0 aliphatic heterocycles. The van der Waals surface area contributed by atoms with E-state index in [4.69, 9.17) is 10.5 Å². The first-order chi connectivity index (χ1) is 8.76. The average Bonchev–Trinajstić information content (AvgIpc) is 2.25. The molecule has 1 heterocycles. The third kappa shape index (κ3) is 6.64. The molecule has 0 fully saturated rings. The predicted octanol–water partition coefficient (Wildman–Crippen LogP) is 2.07. The zero-order valence-electron chi connectivity index (χ0n) is 12.4. The van der Waals surface area contributed by atoms with Crippen LogP contribution in [0.25, 0.3) is 0 Å². The maximum Gasteiger partial charge on any atom is 0.213 e. The standard InChI is InChI=1S/C14H24N4O/c1-10(2)18-13(15)17-9-11-6-7-12(16-8-11)19-14(3,4)5/h6-8,10H,9H2,1-5H3,(H3,15,17,18). The minimum Gasteiger partial charge on any atom is -0.472 e. The monoisotopic (exact) mass is 264 g/mol. The molecule has 0 aromatic carbocycles. The Labute approximate surface area is 115 Å². The van der Waals surface area contributed by atoms with Gasteiger partial charge in [-0.15, -0.1) is 0 Å². The second-order valence-corrected chi connectivity index (χ2v) is 5.72. The predicted molar refractivity (Wildman–Crippen MR) is 78.2 cm³/mol. The Morgan fingerprint density at radius 2 is 2.11 bits per heavy atom. The molecule has 0 atom stereocenters. The van der Waals surface area contributed by atoms with Gasteiger partial charge in [0.05, 0.1) is 6.54 Å². The van der Waals surface area contributed by atoms with E-state index in [9.17, 15) is 0 Å². The number of aromatic nitrogens is 1. The van der Waals surface area contributed by atoms with Crippen LogP contribution in [0.3, 0.4) is 0 Å². The normalized spacial score (nSPS) is 12.6. The Kier molecular flexibility index (Phi) is 5.15. The number of hydrogen-bond donors (Lipinski definition) is 2. The quantitative estimate of drug-likeness (QED) is 0.645. The van der Waals surface area contributed by atoms with Crippen LogP contribution in [0.4, 0.5) is 0 Å². The molecule has 0 aliphatic rings. The molecule has 0 aliphatic carbocycles. The smallest absolute Gasteiger partial charge is 0.213 e. The summed E-state index contributed by atoms with van der Waals surface area (Å²) in [6, 6.07) is 4.08. The second kappa shape index (κ2) is 6.41. The molecule has 0 saturated heterocycles. The highest BCUT2D eigenvalue weighted by Crippen LogP contribution is 2.15. The summed E-state index contributed by atoms with van der Waals surface area (Å²) in [4.78, 5) is 8.49. The lowest BCUT2D eigenvalue weighted by Gasteiger charge is -2.20. The van der Waals surface area contributed by atoms with Crippen molar-refractivity contribution in [1.82, 2.24) is 10.3 Å². The van der Waals surface area contributed by atoms with Gasteiger partial charge in [0.15, 0.2) is 5.96 Å². The van der Waals surface area contributed by atoms with Crippen molar-refractivity contribution in [2.45, 2.75) is 52.8 Å². The lowest BCUT2D eigenvalue weighted by molar-refractivity contribution is 0.124. The Morgan fingerprint density at radius 3 is 2.58 bits per heavy atom. The number of nitrogens with zero attached hydrogens (tertiary/aromatic N) is 2. The van der Waals surface area contributed by atoms with E-state index in [0.29, 0.717) is 18.4 Å². The van der Waals surface area contributed by atoms with E-state index in [-0.39, 0.29) is 11.6 Å². The fourth-order valence-electron chi connectivity index (χ4n) is 1.40. The number of nitrogens with two attached hydrogens (primary N) is 1. The van der Waals surface area contributed by atoms with Crippen LogP contribution in [0, 0.1) is 0 Å². The van der Waals surface area contributed by atoms with Crippen LogP contribution in [-0.4, -0.2) is 22.6 Å². The molecule has 1 rings (SSSR count). The Morgan fingerprint density at radius 1 is 1.42 bits per heavy atom. The molecule has 0 radical (unpaired) electrons. The van der Waals surface area contributed by atoms with Crippen LogP contribution in [0.1, 0.15) is 40.2 Å². The molecule has 1 aromatic heterocycles. The summed E-state index contributed by atoms with van der Waals surface area (Å²) in [5.41, 5.74) is 6.49. The van der Waals surface area contributed by atoms with Gasteiger partial charge in [-0.25, -0.2) is 9.98 Å². The molecule has 0 bridgehead atoms. The van der Waals surface area contributed by atoms with Crippen molar-refractivity contribution >= 4 is 5.96 Å². The SMILES string of the molecule is CC(C)NC(N)=NCc1ccc(OC(C)(C)C)nc1. The van der Waals surface area contributed by atoms with Gasteiger partial charge in [0.1, 0.15) is 5.60 Å². The molecule has 3 N–H and O–H groups in total. The topological polar surface area (TPSA) is 72.5 Å². The number of rotatable bonds is 4. The number of hydrogen-bond acceptors (Lipinski definition) is 3. The van der Waals surface area contributed by atoms with Crippen molar-refractivity contribution in [3.8, 4) is 5.88 Å². The molecule has 0 unspecified atom stereocenters. The summed E-state index contributed by atoms with van der Waals surface area (Å²) < 4.78 is 5.65. The maximum atomic E-state index is 5.73. The van der Waals surface area contributed by atoms with Crippen molar-refractivity contribution in [3.63, 3.8) is 0 Å². The van der Waals surface area contributed by atoms with Gasteiger partial charge < -0.3 is 15.8 Å². The summed E-state index contributed by atoms with van der Waals surface area (Å²) in [7, 11) is 0. The van der Waals surface area contributed by atoms with Crippen molar-refractivity contribution in [2.75, 3.05) is 0 Å². The van der Waals surface area contributed by atoms with Crippen molar-refractivity contribution in [1.29, 1.82) is 0 Å². The van der Waals surface area contributed by atoms with Crippen LogP contribution in [-0.2, 0) is 6.54 Å². The summed E-state index contributed by atoms with van der Waals surface area (Å²) in [6.07, 6.45) is 1.76. The van der Waals surface area contributed by atoms with Crippen LogP contribution in [0.2, 0.25) is 0 Å². The zero-order chi connectivity index (χ0) is 14.5. The zero-order valence-corrected chi connectivity index (χ0v) is 12.4. The minimum absolute atomic E-state index is 0.238. The van der Waals surface area contributed by atoms with Gasteiger partial charge in [-0.3, -0.25) is 0 Å². The van der Waals surface area contributed by atoms with Gasteiger partial charge in [0.2, 0.25) is 5.88 Å². The van der Waals surface area contributed by atoms with Crippen LogP contribution >= 0.6 is 0 Å². The number of pyridine rings is 1. The van der Waals surface area contributed by atoms with Crippen molar-refractivity contribution < 1.29 is 4.74 Å². The number of aliphatic imine (C=N–C) groups is 1. The molecule has 0 amide bonds. The van der Waals surface area contributed by atoms with Crippen LogP contribution < -0.4 is 15.8 Å². The Hall–Kier alpha value is -1.78. The number of nitrogens with one attached hydrogen (secondary N) is 1. The molecule has 19 heavy (non-hydrogen) atoms. The first-order valence-electron chi connectivity index (χ1n) is 6.46. The van der Waals surface area contributed by atoms with E-state index in [1.54, 1.807) is 6.20 Å². The third-order valence-corrected chi connectivity index (χ3v) is 2.08. The fraction of sp³-hybridized carbons (Fsp3) is 0.571. The van der Waals surface area contributed by atoms with E-state index in [1.165, 1.54) is 0 Å². The van der Waals surface area contributed by atoms with Gasteiger partial charge >= 0.3 is 0 Å². The molecule has 0 spiro atoms. The van der Waals surface area contributed by atoms with E-state index >= 15 is 0 Å². The summed E-state index contributed by atoms with van der Waals surface area (Å²) >= 11 is 0. The van der Waals surface area contributed by atoms with Gasteiger partial charge in [0, 0.05) is 18.3 Å². The molecular weight excluding hydrogens is 240 g/mol. The maximum absolute atomic E-state index is 5.73. The molecule has 5 nitrogen and oxygen atoms in total. The van der Waals surface area contributed by atoms with Crippen LogP contribution in [0.5, 0.6) is 5.88 Å². The highest BCUT2D eigenvalue weighted by molar-refractivity contribution is 5.78. The summed E-state index contributed by atoms with van der Waals surface area (Å²) in [5.74, 6) is 1.07. The van der Waals surface area contributed by atoms with Crippen molar-refractivity contribution in [2.24, 2.45) is 10.7 Å². The fourth-order valence-corrected chi connectivity index (χ4v) is 1.40. The molecule has 1 aromatic rings. The van der Waals surface area contributed by atoms with E-state index in [1.807, 2.05) is 46.8 Å². The average molecular weight is 264 g/mol. The van der Waals surface area contributed by atoms with E-state index in [2.05, 4.69) is 15.3 Å². The Bertz CT molecular complexity index is 418. The summed E-state index contributed by atoms with van der Waals surface area (Å²) in [6.45, 7) is 10.5. The Balaban J connectivity index is 2.57. The van der Waals surface area contributed by atoms with Crippen LogP contribution in [0.15, 0.2) is 23.3 Å². The van der Waals surface area contributed by atoms with Crippen molar-refractivity contribution in [3.05, 3.63) is 23.9 Å². The lowest BCUT2D eigenvalue weighted by Crippen LogP contribution is -2.36. The number of ether oxygens (including phenoxy) is 1.